The lowest BCUT2D eigenvalue weighted by molar-refractivity contribution is -0.120. The number of hydrogen-bond donors (Lipinski definition) is 3. The third-order valence-electron chi connectivity index (χ3n) is 4.26. The van der Waals surface area contributed by atoms with E-state index in [1.165, 1.54) is 6.92 Å². The van der Waals surface area contributed by atoms with Gasteiger partial charge in [0.1, 0.15) is 12.2 Å². The van der Waals surface area contributed by atoms with Gasteiger partial charge >= 0.3 is 5.69 Å². The average Bonchev–Trinajstić information content (AvgIpc) is 2.79. The van der Waals surface area contributed by atoms with Crippen LogP contribution >= 0.6 is 0 Å². The Morgan fingerprint density at radius 1 is 1.42 bits per heavy atom. The molecule has 0 bridgehead atoms. The summed E-state index contributed by atoms with van der Waals surface area (Å²) in [5.74, 6) is -2.11. The fraction of sp³-hybridized carbons (Fsp3) is 0.667. The van der Waals surface area contributed by atoms with Gasteiger partial charge in [0.25, 0.3) is 0 Å². The van der Waals surface area contributed by atoms with Crippen LogP contribution in [-0.2, 0) is 9.53 Å². The zero-order chi connectivity index (χ0) is 18.0. The topological polar surface area (TPSA) is 114 Å². The Hall–Kier alpha value is -1.84. The monoisotopic (exact) mass is 343 g/mol. The van der Waals surface area contributed by atoms with Gasteiger partial charge in [0.2, 0.25) is 5.91 Å². The summed E-state index contributed by atoms with van der Waals surface area (Å²) in [7, 11) is 0. The summed E-state index contributed by atoms with van der Waals surface area (Å²) in [6, 6.07) is 0. The standard InChI is InChI=1S/C15H22FN3O5/c1-4-8(5-2)13(22)17-12-9(16)6-19(15(23)18-12)14-11(21)10(20)7(3)24-14/h6-8,10-11,14,20-21H,4-5H2,1-3H3,(H,17,18,22,23)/t7-,10?,11?,14-/m1/s1. The molecule has 8 nitrogen and oxygen atoms in total. The number of aromatic nitrogens is 2. The molecule has 0 aliphatic carbocycles. The van der Waals surface area contributed by atoms with Crippen molar-refractivity contribution in [3.63, 3.8) is 0 Å². The highest BCUT2D eigenvalue weighted by Gasteiger charge is 2.42. The highest BCUT2D eigenvalue weighted by atomic mass is 19.1. The molecule has 0 aromatic carbocycles. The Bertz CT molecular complexity index is 661. The van der Waals surface area contributed by atoms with Crippen LogP contribution in [0.25, 0.3) is 0 Å². The summed E-state index contributed by atoms with van der Waals surface area (Å²) < 4.78 is 20.2. The maximum atomic E-state index is 14.2. The number of aliphatic hydroxyl groups excluding tert-OH is 2. The summed E-state index contributed by atoms with van der Waals surface area (Å²) in [5, 5.41) is 21.9. The zero-order valence-electron chi connectivity index (χ0n) is 13.8. The molecule has 3 N–H and O–H groups in total. The quantitative estimate of drug-likeness (QED) is 0.713. The van der Waals surface area contributed by atoms with E-state index in [0.717, 1.165) is 10.8 Å². The lowest BCUT2D eigenvalue weighted by Crippen LogP contribution is -2.36. The smallest absolute Gasteiger partial charge is 0.351 e. The second kappa shape index (κ2) is 7.37. The van der Waals surface area contributed by atoms with Crippen LogP contribution in [0.2, 0.25) is 0 Å². The minimum absolute atomic E-state index is 0.301. The number of aliphatic hydroxyl groups is 2. The van der Waals surface area contributed by atoms with Crippen molar-refractivity contribution in [1.29, 1.82) is 0 Å². The molecule has 1 aromatic heterocycles. The number of nitrogens with zero attached hydrogens (tertiary/aromatic N) is 2. The van der Waals surface area contributed by atoms with Gasteiger partial charge in [-0.25, -0.2) is 9.18 Å². The fourth-order valence-electron chi connectivity index (χ4n) is 2.65. The van der Waals surface area contributed by atoms with E-state index < -0.39 is 47.8 Å². The van der Waals surface area contributed by atoms with Crippen LogP contribution < -0.4 is 11.0 Å². The Morgan fingerprint density at radius 3 is 2.54 bits per heavy atom. The minimum atomic E-state index is -1.39. The maximum Gasteiger partial charge on any atom is 0.351 e. The third-order valence-corrected chi connectivity index (χ3v) is 4.26. The van der Waals surface area contributed by atoms with Crippen molar-refractivity contribution in [2.75, 3.05) is 5.32 Å². The zero-order valence-corrected chi connectivity index (χ0v) is 13.8. The number of amides is 1. The minimum Gasteiger partial charge on any atom is -0.388 e. The lowest BCUT2D eigenvalue weighted by Gasteiger charge is -2.18. The van der Waals surface area contributed by atoms with Gasteiger partial charge in [0, 0.05) is 5.92 Å². The molecule has 4 atom stereocenters. The van der Waals surface area contributed by atoms with Crippen molar-refractivity contribution < 1.29 is 24.1 Å². The highest BCUT2D eigenvalue weighted by Crippen LogP contribution is 2.28. The van der Waals surface area contributed by atoms with Crippen LogP contribution in [0.15, 0.2) is 11.0 Å². The van der Waals surface area contributed by atoms with E-state index in [-0.39, 0.29) is 5.92 Å². The number of carbonyl (C=O) groups excluding carboxylic acids is 1. The SMILES string of the molecule is CCC(CC)C(=O)Nc1nc(=O)n([C@@H]2O[C@H](C)C(O)C2O)cc1F. The first-order chi connectivity index (χ1) is 11.3. The van der Waals surface area contributed by atoms with Crippen molar-refractivity contribution in [1.82, 2.24) is 9.55 Å². The van der Waals surface area contributed by atoms with E-state index >= 15 is 0 Å². The Morgan fingerprint density at radius 2 is 2.04 bits per heavy atom. The van der Waals surface area contributed by atoms with Crippen LogP contribution in [0, 0.1) is 11.7 Å². The highest BCUT2D eigenvalue weighted by molar-refractivity contribution is 5.91. The number of anilines is 1. The van der Waals surface area contributed by atoms with Gasteiger partial charge in [0.15, 0.2) is 17.9 Å². The van der Waals surface area contributed by atoms with Crippen LogP contribution in [0.5, 0.6) is 0 Å². The van der Waals surface area contributed by atoms with Gasteiger partial charge < -0.3 is 20.3 Å². The number of halogens is 1. The van der Waals surface area contributed by atoms with Crippen molar-refractivity contribution in [3.8, 4) is 0 Å². The Labute approximate surface area is 138 Å². The summed E-state index contributed by atoms with van der Waals surface area (Å²) in [6.45, 7) is 5.19. The maximum absolute atomic E-state index is 14.2. The van der Waals surface area contributed by atoms with Crippen molar-refractivity contribution in [2.24, 2.45) is 5.92 Å². The number of nitrogens with one attached hydrogen (secondary N) is 1. The summed E-state index contributed by atoms with van der Waals surface area (Å²) >= 11 is 0. The van der Waals surface area contributed by atoms with Gasteiger partial charge in [-0.3, -0.25) is 9.36 Å². The van der Waals surface area contributed by atoms with Crippen molar-refractivity contribution in [2.45, 2.75) is 58.2 Å². The predicted octanol–water partition coefficient (Wildman–Crippen LogP) is 0.396. The van der Waals surface area contributed by atoms with E-state index in [0.29, 0.717) is 12.8 Å². The van der Waals surface area contributed by atoms with Gasteiger partial charge in [-0.05, 0) is 19.8 Å². The number of rotatable bonds is 5. The van der Waals surface area contributed by atoms with Crippen LogP contribution in [0.1, 0.15) is 39.8 Å². The van der Waals surface area contributed by atoms with Crippen LogP contribution in [-0.4, -0.2) is 44.0 Å². The second-order valence-corrected chi connectivity index (χ2v) is 5.84. The fourth-order valence-corrected chi connectivity index (χ4v) is 2.65. The van der Waals surface area contributed by atoms with E-state index in [1.54, 1.807) is 0 Å². The summed E-state index contributed by atoms with van der Waals surface area (Å²) in [6.07, 6.45) is -2.57. The molecular weight excluding hydrogens is 321 g/mol. The molecule has 1 aliphatic rings. The molecule has 1 saturated heterocycles. The van der Waals surface area contributed by atoms with Gasteiger partial charge in [-0.15, -0.1) is 0 Å². The van der Waals surface area contributed by atoms with Gasteiger partial charge in [-0.1, -0.05) is 13.8 Å². The molecular formula is C15H22FN3O5. The van der Waals surface area contributed by atoms with Crippen molar-refractivity contribution >= 4 is 11.7 Å². The third kappa shape index (κ3) is 3.47. The molecule has 0 radical (unpaired) electrons. The number of hydrogen-bond acceptors (Lipinski definition) is 6. The first-order valence-corrected chi connectivity index (χ1v) is 7.91. The predicted molar refractivity (Wildman–Crippen MR) is 82.8 cm³/mol. The molecule has 2 heterocycles. The molecule has 9 heteroatoms. The van der Waals surface area contributed by atoms with E-state index in [1.807, 2.05) is 13.8 Å². The summed E-state index contributed by atoms with van der Waals surface area (Å²) in [5.41, 5.74) is -0.901. The van der Waals surface area contributed by atoms with E-state index in [2.05, 4.69) is 10.3 Å². The molecule has 1 amide bonds. The molecule has 1 fully saturated rings. The normalized spacial score (nSPS) is 26.8. The first kappa shape index (κ1) is 18.5. The van der Waals surface area contributed by atoms with Gasteiger partial charge in [-0.2, -0.15) is 4.98 Å². The molecule has 2 rings (SSSR count). The van der Waals surface area contributed by atoms with E-state index in [4.69, 9.17) is 4.74 Å². The van der Waals surface area contributed by atoms with Gasteiger partial charge in [0.05, 0.1) is 12.3 Å². The number of ether oxygens (including phenoxy) is 1. The van der Waals surface area contributed by atoms with Crippen molar-refractivity contribution in [3.05, 3.63) is 22.5 Å². The molecule has 24 heavy (non-hydrogen) atoms. The number of carbonyl (C=O) groups is 1. The Kier molecular flexibility index (Phi) is 5.68. The molecule has 1 aliphatic heterocycles. The van der Waals surface area contributed by atoms with E-state index in [9.17, 15) is 24.2 Å². The van der Waals surface area contributed by atoms with Crippen LogP contribution in [0.4, 0.5) is 10.2 Å². The first-order valence-electron chi connectivity index (χ1n) is 7.91. The molecule has 2 unspecified atom stereocenters. The molecule has 0 spiro atoms. The summed E-state index contributed by atoms with van der Waals surface area (Å²) in [4.78, 5) is 27.6. The molecule has 134 valence electrons. The van der Waals surface area contributed by atoms with Crippen LogP contribution in [0.3, 0.4) is 0 Å². The average molecular weight is 343 g/mol. The Balaban J connectivity index is 2.26. The molecule has 0 saturated carbocycles. The molecule has 1 aromatic rings. The largest absolute Gasteiger partial charge is 0.388 e. The second-order valence-electron chi connectivity index (χ2n) is 5.84. The lowest BCUT2D eigenvalue weighted by atomic mass is 10.0.